The summed E-state index contributed by atoms with van der Waals surface area (Å²) < 4.78 is 32.2. The molecule has 30 heavy (non-hydrogen) atoms. The Labute approximate surface area is 178 Å². The molecule has 0 radical (unpaired) electrons. The average Bonchev–Trinajstić information content (AvgIpc) is 3.31. The van der Waals surface area contributed by atoms with Crippen LogP contribution < -0.4 is 0 Å². The topological polar surface area (TPSA) is 87.8 Å². The van der Waals surface area contributed by atoms with Crippen LogP contribution in [0.3, 0.4) is 0 Å². The van der Waals surface area contributed by atoms with E-state index in [-0.39, 0.29) is 16.3 Å². The monoisotopic (exact) mass is 443 g/mol. The number of aryl methyl sites for hydroxylation is 1. The lowest BCUT2D eigenvalue weighted by atomic mass is 10.1. The third-order valence-corrected chi connectivity index (χ3v) is 7.11. The summed E-state index contributed by atoms with van der Waals surface area (Å²) in [6.07, 6.45) is 1.46. The van der Waals surface area contributed by atoms with Gasteiger partial charge in [0.15, 0.2) is 5.76 Å². The fraction of sp³-hybridized carbons (Fsp3) is 0.136. The predicted molar refractivity (Wildman–Crippen MR) is 111 cm³/mol. The summed E-state index contributed by atoms with van der Waals surface area (Å²) in [6, 6.07) is 15.1. The fourth-order valence-corrected chi connectivity index (χ4v) is 5.23. The van der Waals surface area contributed by atoms with E-state index in [9.17, 15) is 18.3 Å². The standard InChI is InChI=1S/C22H18ClNO5S/c1-14-4-10-18(11-5-14)30(27,28)21-19(15-6-8-16(23)9-7-15)24(22(26)20(21)25)13-17-3-2-12-29-17/h2-12,19,25H,13H2,1H3/t19-/m0/s1. The molecule has 1 aliphatic rings. The van der Waals surface area contributed by atoms with Gasteiger partial charge in [-0.15, -0.1) is 0 Å². The summed E-state index contributed by atoms with van der Waals surface area (Å²) in [7, 11) is -4.15. The van der Waals surface area contributed by atoms with Crippen molar-refractivity contribution in [1.29, 1.82) is 0 Å². The van der Waals surface area contributed by atoms with Gasteiger partial charge >= 0.3 is 0 Å². The maximum absolute atomic E-state index is 13.5. The zero-order valence-electron chi connectivity index (χ0n) is 15.9. The molecule has 1 N–H and O–H groups in total. The van der Waals surface area contributed by atoms with Crippen molar-refractivity contribution in [3.8, 4) is 0 Å². The lowest BCUT2D eigenvalue weighted by Crippen LogP contribution is -2.30. The Morgan fingerprint density at radius 2 is 1.73 bits per heavy atom. The molecule has 2 aromatic carbocycles. The number of rotatable bonds is 5. The van der Waals surface area contributed by atoms with Gasteiger partial charge in [0.25, 0.3) is 5.91 Å². The number of aliphatic hydroxyl groups is 1. The Bertz CT molecular complexity index is 1210. The molecule has 3 aromatic rings. The van der Waals surface area contributed by atoms with E-state index >= 15 is 0 Å². The second-order valence-electron chi connectivity index (χ2n) is 7.00. The number of furan rings is 1. The highest BCUT2D eigenvalue weighted by Gasteiger charge is 2.47. The summed E-state index contributed by atoms with van der Waals surface area (Å²) in [5.74, 6) is -1.11. The zero-order chi connectivity index (χ0) is 21.5. The molecule has 1 aliphatic heterocycles. The zero-order valence-corrected chi connectivity index (χ0v) is 17.5. The highest BCUT2D eigenvalue weighted by molar-refractivity contribution is 7.95. The third kappa shape index (κ3) is 3.51. The third-order valence-electron chi connectivity index (χ3n) is 4.97. The number of nitrogens with zero attached hydrogens (tertiary/aromatic N) is 1. The molecule has 0 spiro atoms. The Balaban J connectivity index is 1.86. The minimum Gasteiger partial charge on any atom is -0.502 e. The van der Waals surface area contributed by atoms with Gasteiger partial charge in [0.05, 0.1) is 23.7 Å². The van der Waals surface area contributed by atoms with Crippen molar-refractivity contribution < 1.29 is 22.7 Å². The van der Waals surface area contributed by atoms with Crippen molar-refractivity contribution >= 4 is 27.3 Å². The SMILES string of the molecule is Cc1ccc(S(=O)(=O)C2=C(O)C(=O)N(Cc3ccco3)[C@H]2c2ccc(Cl)cc2)cc1. The maximum atomic E-state index is 13.5. The van der Waals surface area contributed by atoms with Crippen LogP contribution in [0.2, 0.25) is 5.02 Å². The predicted octanol–water partition coefficient (Wildman–Crippen LogP) is 4.57. The second kappa shape index (κ2) is 7.66. The first-order valence-electron chi connectivity index (χ1n) is 9.13. The van der Waals surface area contributed by atoms with E-state index < -0.39 is 27.5 Å². The molecule has 0 bridgehead atoms. The van der Waals surface area contributed by atoms with E-state index in [2.05, 4.69) is 0 Å². The van der Waals surface area contributed by atoms with E-state index in [4.69, 9.17) is 16.0 Å². The van der Waals surface area contributed by atoms with Gasteiger partial charge in [-0.2, -0.15) is 0 Å². The van der Waals surface area contributed by atoms with Crippen molar-refractivity contribution in [2.45, 2.75) is 24.4 Å². The quantitative estimate of drug-likeness (QED) is 0.624. The number of halogens is 1. The van der Waals surface area contributed by atoms with Gasteiger partial charge < -0.3 is 14.4 Å². The van der Waals surface area contributed by atoms with Crippen LogP contribution >= 0.6 is 11.6 Å². The molecule has 1 aromatic heterocycles. The number of amides is 1. The molecule has 2 heterocycles. The van der Waals surface area contributed by atoms with Crippen LogP contribution in [0.15, 0.2) is 86.9 Å². The molecule has 1 amide bonds. The van der Waals surface area contributed by atoms with Gasteiger partial charge in [-0.25, -0.2) is 8.42 Å². The largest absolute Gasteiger partial charge is 0.502 e. The van der Waals surface area contributed by atoms with E-state index in [0.717, 1.165) is 5.56 Å². The summed E-state index contributed by atoms with van der Waals surface area (Å²) in [5.41, 5.74) is 1.40. The summed E-state index contributed by atoms with van der Waals surface area (Å²) in [6.45, 7) is 1.84. The van der Waals surface area contributed by atoms with Gasteiger partial charge in [0, 0.05) is 5.02 Å². The van der Waals surface area contributed by atoms with Crippen LogP contribution in [-0.4, -0.2) is 24.3 Å². The Morgan fingerprint density at radius 1 is 1.07 bits per heavy atom. The van der Waals surface area contributed by atoms with Crippen LogP contribution in [0.1, 0.15) is 22.9 Å². The number of benzene rings is 2. The molecular weight excluding hydrogens is 426 g/mol. The van der Waals surface area contributed by atoms with Crippen LogP contribution in [-0.2, 0) is 21.2 Å². The molecule has 154 valence electrons. The van der Waals surface area contributed by atoms with Crippen molar-refractivity contribution in [1.82, 2.24) is 4.90 Å². The fourth-order valence-electron chi connectivity index (χ4n) is 3.46. The highest BCUT2D eigenvalue weighted by Crippen LogP contribution is 2.43. The molecule has 8 heteroatoms. The van der Waals surface area contributed by atoms with Gasteiger partial charge in [-0.05, 0) is 48.9 Å². The molecular formula is C22H18ClNO5S. The minimum atomic E-state index is -4.15. The number of aliphatic hydroxyl groups excluding tert-OH is 1. The lowest BCUT2D eigenvalue weighted by molar-refractivity contribution is -0.130. The Morgan fingerprint density at radius 3 is 2.33 bits per heavy atom. The molecule has 0 saturated carbocycles. The lowest BCUT2D eigenvalue weighted by Gasteiger charge is -2.26. The van der Waals surface area contributed by atoms with Crippen molar-refractivity contribution in [3.63, 3.8) is 0 Å². The minimum absolute atomic E-state index is 0.00117. The molecule has 6 nitrogen and oxygen atoms in total. The van der Waals surface area contributed by atoms with Crippen molar-refractivity contribution in [2.24, 2.45) is 0 Å². The Kier molecular flexibility index (Phi) is 5.17. The van der Waals surface area contributed by atoms with Crippen molar-refractivity contribution in [3.05, 3.63) is 99.5 Å². The molecule has 0 saturated heterocycles. The van der Waals surface area contributed by atoms with E-state index in [1.54, 1.807) is 48.5 Å². The normalized spacial score (nSPS) is 17.1. The number of carbonyl (C=O) groups is 1. The van der Waals surface area contributed by atoms with E-state index in [1.807, 2.05) is 6.92 Å². The number of carbonyl (C=O) groups excluding carboxylic acids is 1. The van der Waals surface area contributed by atoms with Crippen molar-refractivity contribution in [2.75, 3.05) is 0 Å². The highest BCUT2D eigenvalue weighted by atomic mass is 35.5. The van der Waals surface area contributed by atoms with E-state index in [1.165, 1.54) is 23.3 Å². The van der Waals surface area contributed by atoms with Gasteiger partial charge in [-0.1, -0.05) is 41.4 Å². The van der Waals surface area contributed by atoms with E-state index in [0.29, 0.717) is 16.3 Å². The number of hydrogen-bond donors (Lipinski definition) is 1. The van der Waals surface area contributed by atoms with Gasteiger partial charge in [0.1, 0.15) is 10.7 Å². The first-order valence-corrected chi connectivity index (χ1v) is 11.0. The maximum Gasteiger partial charge on any atom is 0.291 e. The first kappa shape index (κ1) is 20.3. The van der Waals surface area contributed by atoms with Gasteiger partial charge in [-0.3, -0.25) is 4.79 Å². The van der Waals surface area contributed by atoms with Crippen LogP contribution in [0.4, 0.5) is 0 Å². The summed E-state index contributed by atoms with van der Waals surface area (Å²) >= 11 is 5.99. The molecule has 1 atom stereocenters. The smallest absolute Gasteiger partial charge is 0.291 e. The number of hydrogen-bond acceptors (Lipinski definition) is 5. The van der Waals surface area contributed by atoms with Crippen LogP contribution in [0.25, 0.3) is 0 Å². The summed E-state index contributed by atoms with van der Waals surface area (Å²) in [4.78, 5) is 13.8. The van der Waals surface area contributed by atoms with Gasteiger partial charge in [0.2, 0.25) is 9.84 Å². The second-order valence-corrected chi connectivity index (χ2v) is 9.35. The Hall–Kier alpha value is -3.03. The average molecular weight is 444 g/mol. The summed E-state index contributed by atoms with van der Waals surface area (Å²) in [5, 5.41) is 11.1. The molecule has 0 unspecified atom stereocenters. The first-order chi connectivity index (χ1) is 14.3. The van der Waals surface area contributed by atoms with Crippen LogP contribution in [0.5, 0.6) is 0 Å². The molecule has 4 rings (SSSR count). The van der Waals surface area contributed by atoms with Crippen LogP contribution in [0, 0.1) is 6.92 Å². The molecule has 0 fully saturated rings. The number of sulfone groups is 1. The molecule has 0 aliphatic carbocycles.